The Balaban J connectivity index is 1.79. The van der Waals surface area contributed by atoms with E-state index in [-0.39, 0.29) is 17.9 Å². The molecule has 1 unspecified atom stereocenters. The van der Waals surface area contributed by atoms with Gasteiger partial charge in [-0.25, -0.2) is 0 Å². The quantitative estimate of drug-likeness (QED) is 0.121. The van der Waals surface area contributed by atoms with Crippen LogP contribution in [0, 0.1) is 0 Å². The number of carbonyl (C=O) groups excluding carboxylic acids is 2. The summed E-state index contributed by atoms with van der Waals surface area (Å²) in [5.74, 6) is -0.0998. The molecule has 1 saturated heterocycles. The monoisotopic (exact) mass is 544 g/mol. The van der Waals surface area contributed by atoms with Gasteiger partial charge >= 0.3 is 0 Å². The van der Waals surface area contributed by atoms with Crippen molar-refractivity contribution in [1.82, 2.24) is 9.88 Å². The van der Waals surface area contributed by atoms with Gasteiger partial charge in [-0.2, -0.15) is 0 Å². The molecule has 1 N–H and O–H groups in total. The van der Waals surface area contributed by atoms with Gasteiger partial charge in [0.2, 0.25) is 0 Å². The molecule has 0 saturated carbocycles. The number of amides is 1. The Labute approximate surface area is 235 Å². The Kier molecular flexibility index (Phi) is 9.78. The number of ether oxygens (including phenoxy) is 3. The average molecular weight is 545 g/mol. The fourth-order valence-corrected chi connectivity index (χ4v) is 4.69. The maximum absolute atomic E-state index is 13.5. The minimum atomic E-state index is -0.858. The zero-order valence-electron chi connectivity index (χ0n) is 23.3. The molecule has 1 aliphatic heterocycles. The topological polar surface area (TPSA) is 98.2 Å². The second-order valence-corrected chi connectivity index (χ2v) is 9.63. The van der Waals surface area contributed by atoms with Crippen molar-refractivity contribution in [3.63, 3.8) is 0 Å². The number of methoxy groups -OCH3 is 1. The number of hydrogen-bond donors (Lipinski definition) is 1. The van der Waals surface area contributed by atoms with Crippen molar-refractivity contribution < 1.29 is 28.9 Å². The molecule has 210 valence electrons. The third-order valence-electron chi connectivity index (χ3n) is 6.70. The average Bonchev–Trinajstić information content (AvgIpc) is 3.23. The lowest BCUT2D eigenvalue weighted by Gasteiger charge is -2.26. The lowest BCUT2D eigenvalue weighted by molar-refractivity contribution is -0.140. The van der Waals surface area contributed by atoms with E-state index < -0.39 is 17.7 Å². The predicted octanol–water partition coefficient (Wildman–Crippen LogP) is 6.07. The van der Waals surface area contributed by atoms with E-state index in [2.05, 4.69) is 11.9 Å². The van der Waals surface area contributed by atoms with Crippen LogP contribution in [0.15, 0.2) is 72.6 Å². The third-order valence-corrected chi connectivity index (χ3v) is 6.70. The zero-order valence-corrected chi connectivity index (χ0v) is 23.3. The highest BCUT2D eigenvalue weighted by Crippen LogP contribution is 2.43. The van der Waals surface area contributed by atoms with Gasteiger partial charge in [0.15, 0.2) is 11.5 Å². The maximum atomic E-state index is 13.5. The number of likely N-dealkylation sites (tertiary alicyclic amines) is 1. The largest absolute Gasteiger partial charge is 0.507 e. The SMILES string of the molecule is CCCCCOc1ccc(C2/C(=C(\O)c3cccc(OCCC)c3)C(=O)C(=O)N2Cc2cccnc2)cc1OC. The Hall–Kier alpha value is -4.33. The summed E-state index contributed by atoms with van der Waals surface area (Å²) in [7, 11) is 1.55. The van der Waals surface area contributed by atoms with Crippen molar-refractivity contribution in [3.05, 3.63) is 89.3 Å². The van der Waals surface area contributed by atoms with Crippen molar-refractivity contribution >= 4 is 17.4 Å². The van der Waals surface area contributed by atoms with Crippen molar-refractivity contribution in [2.24, 2.45) is 0 Å². The smallest absolute Gasteiger partial charge is 0.295 e. The molecular weight excluding hydrogens is 508 g/mol. The molecule has 8 nitrogen and oxygen atoms in total. The van der Waals surface area contributed by atoms with Gasteiger partial charge in [0.05, 0.1) is 31.9 Å². The van der Waals surface area contributed by atoms with Crippen LogP contribution in [-0.2, 0) is 16.1 Å². The van der Waals surface area contributed by atoms with Crippen LogP contribution in [0.3, 0.4) is 0 Å². The molecule has 2 aromatic carbocycles. The summed E-state index contributed by atoms with van der Waals surface area (Å²) in [6, 6.07) is 15.0. The molecule has 1 aliphatic rings. The molecular formula is C32H36N2O6. The first-order valence-electron chi connectivity index (χ1n) is 13.7. The molecule has 8 heteroatoms. The lowest BCUT2D eigenvalue weighted by atomic mass is 9.94. The molecule has 0 spiro atoms. The number of ketones is 1. The summed E-state index contributed by atoms with van der Waals surface area (Å²) in [5.41, 5.74) is 1.76. The summed E-state index contributed by atoms with van der Waals surface area (Å²) in [6.07, 6.45) is 7.20. The molecule has 1 fully saturated rings. The van der Waals surface area contributed by atoms with Gasteiger partial charge in [0.1, 0.15) is 11.5 Å². The number of hydrogen-bond acceptors (Lipinski definition) is 7. The number of aliphatic hydroxyl groups excluding tert-OH is 1. The number of unbranched alkanes of at least 4 members (excludes halogenated alkanes) is 2. The summed E-state index contributed by atoms with van der Waals surface area (Å²) in [4.78, 5) is 32.5. The van der Waals surface area contributed by atoms with Crippen LogP contribution < -0.4 is 14.2 Å². The standard InChI is InChI=1S/C32H36N2O6/c1-4-6-7-17-40-26-14-13-23(19-27(26)38-3)29-28(30(35)24-11-8-12-25(18-24)39-16-5-2)31(36)32(37)34(29)21-22-10-9-15-33-20-22/h8-15,18-20,29,35H,4-7,16-17,21H2,1-3H3/b30-28+. The minimum absolute atomic E-state index is 0.000184. The lowest BCUT2D eigenvalue weighted by Crippen LogP contribution is -2.29. The molecule has 40 heavy (non-hydrogen) atoms. The first-order chi connectivity index (χ1) is 19.5. The van der Waals surface area contributed by atoms with Gasteiger partial charge in [-0.15, -0.1) is 0 Å². The van der Waals surface area contributed by atoms with Crippen molar-refractivity contribution in [2.45, 2.75) is 52.1 Å². The minimum Gasteiger partial charge on any atom is -0.507 e. The fraction of sp³-hybridized carbons (Fsp3) is 0.344. The molecule has 3 aromatic rings. The number of aliphatic hydroxyl groups is 1. The van der Waals surface area contributed by atoms with Crippen LogP contribution >= 0.6 is 0 Å². The Bertz CT molecular complexity index is 1350. The van der Waals surface area contributed by atoms with Gasteiger partial charge < -0.3 is 24.2 Å². The second kappa shape index (κ2) is 13.6. The van der Waals surface area contributed by atoms with E-state index in [9.17, 15) is 14.7 Å². The van der Waals surface area contributed by atoms with Gasteiger partial charge in [-0.05, 0) is 54.3 Å². The Morgan fingerprint density at radius 1 is 0.950 bits per heavy atom. The van der Waals surface area contributed by atoms with Crippen LogP contribution in [0.4, 0.5) is 0 Å². The highest BCUT2D eigenvalue weighted by molar-refractivity contribution is 6.46. The zero-order chi connectivity index (χ0) is 28.5. The van der Waals surface area contributed by atoms with Crippen LogP contribution in [0.1, 0.15) is 62.3 Å². The highest BCUT2D eigenvalue weighted by atomic mass is 16.5. The van der Waals surface area contributed by atoms with Gasteiger partial charge in [0, 0.05) is 24.5 Å². The van der Waals surface area contributed by atoms with E-state index in [1.165, 1.54) is 4.90 Å². The summed E-state index contributed by atoms with van der Waals surface area (Å²) in [6.45, 7) is 5.35. The van der Waals surface area contributed by atoms with Gasteiger partial charge in [-0.1, -0.05) is 51.0 Å². The third kappa shape index (κ3) is 6.45. The second-order valence-electron chi connectivity index (χ2n) is 9.63. The van der Waals surface area contributed by atoms with E-state index in [1.54, 1.807) is 68.0 Å². The van der Waals surface area contributed by atoms with Crippen molar-refractivity contribution in [1.29, 1.82) is 0 Å². The van der Waals surface area contributed by atoms with Gasteiger partial charge in [0.25, 0.3) is 11.7 Å². The number of Topliss-reactive ketones (excluding diaryl/α,β-unsaturated/α-hetero) is 1. The van der Waals surface area contributed by atoms with E-state index in [4.69, 9.17) is 14.2 Å². The number of rotatable bonds is 13. The molecule has 1 amide bonds. The molecule has 1 aromatic heterocycles. The van der Waals surface area contributed by atoms with Crippen LogP contribution in [0.25, 0.3) is 5.76 Å². The first-order valence-corrected chi connectivity index (χ1v) is 13.7. The number of aromatic nitrogens is 1. The molecule has 0 aliphatic carbocycles. The molecule has 4 rings (SSSR count). The summed E-state index contributed by atoms with van der Waals surface area (Å²) >= 11 is 0. The number of nitrogens with zero attached hydrogens (tertiary/aromatic N) is 2. The fourth-order valence-electron chi connectivity index (χ4n) is 4.69. The van der Waals surface area contributed by atoms with Crippen molar-refractivity contribution in [3.8, 4) is 17.2 Å². The highest BCUT2D eigenvalue weighted by Gasteiger charge is 2.46. The molecule has 0 radical (unpaired) electrons. The van der Waals surface area contributed by atoms with E-state index in [0.717, 1.165) is 31.2 Å². The normalized spacial score (nSPS) is 16.3. The summed E-state index contributed by atoms with van der Waals surface area (Å²) < 4.78 is 17.3. The Morgan fingerprint density at radius 3 is 2.52 bits per heavy atom. The molecule has 0 bridgehead atoms. The Morgan fingerprint density at radius 2 is 1.80 bits per heavy atom. The number of benzene rings is 2. The predicted molar refractivity (Wildman–Crippen MR) is 152 cm³/mol. The van der Waals surface area contributed by atoms with Crippen molar-refractivity contribution in [2.75, 3.05) is 20.3 Å². The first kappa shape index (κ1) is 28.7. The maximum Gasteiger partial charge on any atom is 0.295 e. The van der Waals surface area contributed by atoms with E-state index in [1.807, 2.05) is 13.0 Å². The van der Waals surface area contributed by atoms with Crippen LogP contribution in [-0.4, -0.2) is 47.0 Å². The number of pyridine rings is 1. The van der Waals surface area contributed by atoms with Gasteiger partial charge in [-0.3, -0.25) is 14.6 Å². The van der Waals surface area contributed by atoms with E-state index in [0.29, 0.717) is 41.6 Å². The number of carbonyl (C=O) groups is 2. The van der Waals surface area contributed by atoms with Crippen LogP contribution in [0.5, 0.6) is 17.2 Å². The molecule has 2 heterocycles. The summed E-state index contributed by atoms with van der Waals surface area (Å²) in [5, 5.41) is 11.5. The van der Waals surface area contributed by atoms with Crippen LogP contribution in [0.2, 0.25) is 0 Å². The molecule has 1 atom stereocenters. The van der Waals surface area contributed by atoms with E-state index >= 15 is 0 Å².